The van der Waals surface area contributed by atoms with Crippen molar-refractivity contribution in [1.82, 2.24) is 0 Å². The predicted molar refractivity (Wildman–Crippen MR) is 63.7 cm³/mol. The van der Waals surface area contributed by atoms with Crippen LogP contribution < -0.4 is 0 Å². The lowest BCUT2D eigenvalue weighted by atomic mass is 10.0. The summed E-state index contributed by atoms with van der Waals surface area (Å²) in [5.41, 5.74) is 0. The van der Waals surface area contributed by atoms with Crippen LogP contribution in [-0.4, -0.2) is 44.0 Å². The lowest BCUT2D eigenvalue weighted by molar-refractivity contribution is -0.936. The number of halogens is 6. The number of rotatable bonds is 2. The van der Waals surface area contributed by atoms with E-state index in [1.54, 1.807) is 0 Å². The third kappa shape index (κ3) is 13.8. The molecule has 1 heterocycles. The zero-order valence-corrected chi connectivity index (χ0v) is 11.7. The number of hydrogen-bond acceptors (Lipinski definition) is 0. The zero-order valence-electron chi connectivity index (χ0n) is 11.7. The largest absolute Gasteiger partial charge is 0.379 e. The lowest BCUT2D eigenvalue weighted by Gasteiger charge is -2.43. The average molecular weight is 296 g/mol. The quantitative estimate of drug-likeness (QED) is 0.508. The highest BCUT2D eigenvalue weighted by atomic mass is 19.4. The molecular formula is C12H24F6N+. The normalized spacial score (nSPS) is 26.4. The van der Waals surface area contributed by atoms with E-state index in [0.717, 1.165) is 6.04 Å². The third-order valence-electron chi connectivity index (χ3n) is 3.34. The Morgan fingerprint density at radius 3 is 1.74 bits per heavy atom. The van der Waals surface area contributed by atoms with Crippen LogP contribution in [0.25, 0.3) is 0 Å². The van der Waals surface area contributed by atoms with Crippen molar-refractivity contribution in [3.05, 3.63) is 0 Å². The van der Waals surface area contributed by atoms with E-state index in [2.05, 4.69) is 20.9 Å². The van der Waals surface area contributed by atoms with Crippen LogP contribution >= 0.6 is 0 Å². The Labute approximate surface area is 111 Å². The fraction of sp³-hybridized carbons (Fsp3) is 1.00. The molecule has 0 aromatic carbocycles. The Bertz CT molecular complexity index is 187. The van der Waals surface area contributed by atoms with Gasteiger partial charge in [0.25, 0.3) is 0 Å². The van der Waals surface area contributed by atoms with Gasteiger partial charge in [-0.3, -0.25) is 0 Å². The first-order valence-electron chi connectivity index (χ1n) is 6.34. The fourth-order valence-electron chi connectivity index (χ4n) is 2.29. The molecular weight excluding hydrogens is 272 g/mol. The van der Waals surface area contributed by atoms with Crippen molar-refractivity contribution in [1.29, 1.82) is 0 Å². The van der Waals surface area contributed by atoms with E-state index in [9.17, 15) is 26.3 Å². The molecule has 0 bridgehead atoms. The van der Waals surface area contributed by atoms with Crippen molar-refractivity contribution in [3.63, 3.8) is 0 Å². The van der Waals surface area contributed by atoms with Gasteiger partial charge in [0, 0.05) is 0 Å². The van der Waals surface area contributed by atoms with Crippen molar-refractivity contribution in [2.24, 2.45) is 0 Å². The average Bonchev–Trinajstić information content (AvgIpc) is 2.21. The van der Waals surface area contributed by atoms with Crippen LogP contribution in [0.15, 0.2) is 0 Å². The third-order valence-corrected chi connectivity index (χ3v) is 3.34. The molecule has 0 aliphatic carbocycles. The first kappa shape index (κ1) is 20.8. The second kappa shape index (κ2) is 11.4. The van der Waals surface area contributed by atoms with E-state index in [4.69, 9.17) is 0 Å². The van der Waals surface area contributed by atoms with Crippen LogP contribution in [-0.2, 0) is 0 Å². The number of hydrogen-bond donors (Lipinski definition) is 0. The molecule has 118 valence electrons. The van der Waals surface area contributed by atoms with Crippen molar-refractivity contribution in [2.45, 2.75) is 58.9 Å². The van der Waals surface area contributed by atoms with E-state index in [0.29, 0.717) is 0 Å². The summed E-state index contributed by atoms with van der Waals surface area (Å²) in [6, 6.07) is 0.906. The van der Waals surface area contributed by atoms with Crippen molar-refractivity contribution in [3.8, 4) is 0 Å². The van der Waals surface area contributed by atoms with Gasteiger partial charge in [-0.05, 0) is 32.6 Å². The van der Waals surface area contributed by atoms with E-state index in [-0.39, 0.29) is 0 Å². The smallest absolute Gasteiger partial charge is 0.324 e. The summed E-state index contributed by atoms with van der Waals surface area (Å²) in [5, 5.41) is 0. The van der Waals surface area contributed by atoms with E-state index >= 15 is 0 Å². The number of nitrogens with zero attached hydrogens (tertiary/aromatic N) is 1. The van der Waals surface area contributed by atoms with Gasteiger partial charge >= 0.3 is 13.4 Å². The minimum atomic E-state index is -3.67. The standard InChI is InChI=1S/C10H22N.2CHF3/c1-4-8-11(3)9-6-5-7-10(11)2;2*2-1(3)4/h10H,4-9H2,1-3H3;2*1H/q+1;;. The second-order valence-electron chi connectivity index (χ2n) is 4.77. The van der Waals surface area contributed by atoms with Gasteiger partial charge in [-0.25, -0.2) is 0 Å². The van der Waals surface area contributed by atoms with Crippen LogP contribution in [0.4, 0.5) is 26.3 Å². The first-order valence-corrected chi connectivity index (χ1v) is 6.34. The maximum atomic E-state index is 9.67. The molecule has 2 atom stereocenters. The SMILES string of the molecule is CCC[N+]1(C)CCCCC1C.FC(F)F.FC(F)F. The topological polar surface area (TPSA) is 0 Å². The van der Waals surface area contributed by atoms with Gasteiger partial charge in [-0.2, -0.15) is 26.3 Å². The Balaban J connectivity index is 0. The molecule has 0 N–H and O–H groups in total. The summed E-state index contributed by atoms with van der Waals surface area (Å²) in [5.74, 6) is 0. The Hall–Kier alpha value is -0.460. The minimum Gasteiger partial charge on any atom is -0.324 e. The zero-order chi connectivity index (χ0) is 15.5. The minimum absolute atomic E-state index is 0.906. The molecule has 1 aliphatic rings. The van der Waals surface area contributed by atoms with Crippen LogP contribution in [0.1, 0.15) is 39.5 Å². The van der Waals surface area contributed by atoms with E-state index < -0.39 is 13.4 Å². The van der Waals surface area contributed by atoms with Gasteiger partial charge in [0.1, 0.15) is 0 Å². The molecule has 1 rings (SSSR count). The molecule has 19 heavy (non-hydrogen) atoms. The summed E-state index contributed by atoms with van der Waals surface area (Å²) in [6.07, 6.45) is 5.68. The molecule has 2 unspecified atom stereocenters. The summed E-state index contributed by atoms with van der Waals surface area (Å²) in [7, 11) is 2.42. The van der Waals surface area contributed by atoms with Gasteiger partial charge in [-0.1, -0.05) is 6.92 Å². The van der Waals surface area contributed by atoms with E-state index in [1.807, 2.05) is 0 Å². The highest BCUT2D eigenvalue weighted by Gasteiger charge is 2.30. The molecule has 0 aromatic heterocycles. The van der Waals surface area contributed by atoms with Crippen molar-refractivity contribution >= 4 is 0 Å². The number of piperidine rings is 1. The lowest BCUT2D eigenvalue weighted by Crippen LogP contribution is -2.54. The molecule has 7 heteroatoms. The number of quaternary nitrogens is 1. The highest BCUT2D eigenvalue weighted by Crippen LogP contribution is 2.23. The maximum absolute atomic E-state index is 9.67. The Morgan fingerprint density at radius 1 is 1.00 bits per heavy atom. The Morgan fingerprint density at radius 2 is 1.42 bits per heavy atom. The fourth-order valence-corrected chi connectivity index (χ4v) is 2.29. The first-order chi connectivity index (χ1) is 8.65. The van der Waals surface area contributed by atoms with Gasteiger partial charge < -0.3 is 4.48 Å². The molecule has 1 fully saturated rings. The summed E-state index contributed by atoms with van der Waals surface area (Å²) >= 11 is 0. The molecule has 1 aliphatic heterocycles. The molecule has 1 saturated heterocycles. The predicted octanol–water partition coefficient (Wildman–Crippen LogP) is 4.77. The summed E-state index contributed by atoms with van der Waals surface area (Å²) in [4.78, 5) is 0. The molecule has 0 amide bonds. The van der Waals surface area contributed by atoms with Gasteiger partial charge in [0.15, 0.2) is 0 Å². The molecule has 0 spiro atoms. The summed E-state index contributed by atoms with van der Waals surface area (Å²) in [6.45, 7) is 0.163. The second-order valence-corrected chi connectivity index (χ2v) is 4.77. The van der Waals surface area contributed by atoms with Crippen molar-refractivity contribution in [2.75, 3.05) is 20.1 Å². The maximum Gasteiger partial charge on any atom is 0.379 e. The van der Waals surface area contributed by atoms with Crippen LogP contribution in [0.5, 0.6) is 0 Å². The van der Waals surface area contributed by atoms with Gasteiger partial charge in [0.05, 0.1) is 26.2 Å². The van der Waals surface area contributed by atoms with Crippen LogP contribution in [0.2, 0.25) is 0 Å². The van der Waals surface area contributed by atoms with E-state index in [1.165, 1.54) is 43.3 Å². The number of alkyl halides is 6. The summed E-state index contributed by atoms with van der Waals surface area (Å²) < 4.78 is 59.3. The molecule has 0 saturated carbocycles. The van der Waals surface area contributed by atoms with Crippen molar-refractivity contribution < 1.29 is 30.8 Å². The van der Waals surface area contributed by atoms with Crippen LogP contribution in [0, 0.1) is 0 Å². The van der Waals surface area contributed by atoms with Gasteiger partial charge in [-0.15, -0.1) is 0 Å². The van der Waals surface area contributed by atoms with Gasteiger partial charge in [0.2, 0.25) is 0 Å². The number of likely N-dealkylation sites (tertiary alicyclic amines) is 1. The molecule has 0 radical (unpaired) electrons. The van der Waals surface area contributed by atoms with Crippen LogP contribution in [0.3, 0.4) is 0 Å². The molecule has 1 nitrogen and oxygen atoms in total. The monoisotopic (exact) mass is 296 g/mol. The highest BCUT2D eigenvalue weighted by molar-refractivity contribution is 4.60. The molecule has 0 aromatic rings. The Kier molecular flexibility index (Phi) is 12.5.